The SMILES string of the molecule is CC(C)(C)Nc1nc(C(C)(C)C)nc(Cl)c1N. The van der Waals surface area contributed by atoms with Crippen LogP contribution < -0.4 is 11.1 Å². The van der Waals surface area contributed by atoms with Crippen LogP contribution in [0.2, 0.25) is 5.15 Å². The van der Waals surface area contributed by atoms with Crippen molar-refractivity contribution >= 4 is 23.1 Å². The molecule has 17 heavy (non-hydrogen) atoms. The van der Waals surface area contributed by atoms with Crippen LogP contribution in [0.1, 0.15) is 47.4 Å². The number of nitrogens with one attached hydrogen (secondary N) is 1. The molecule has 0 aromatic carbocycles. The van der Waals surface area contributed by atoms with Crippen molar-refractivity contribution in [1.29, 1.82) is 0 Å². The molecule has 0 atom stereocenters. The number of nitrogen functional groups attached to an aromatic ring is 1. The Morgan fingerprint density at radius 2 is 1.59 bits per heavy atom. The predicted octanol–water partition coefficient (Wildman–Crippen LogP) is 3.22. The molecule has 1 aromatic heterocycles. The van der Waals surface area contributed by atoms with Crippen molar-refractivity contribution in [3.8, 4) is 0 Å². The minimum Gasteiger partial charge on any atom is -0.393 e. The van der Waals surface area contributed by atoms with Gasteiger partial charge in [-0.05, 0) is 20.8 Å². The van der Waals surface area contributed by atoms with Crippen LogP contribution in [0.3, 0.4) is 0 Å². The maximum atomic E-state index is 6.04. The summed E-state index contributed by atoms with van der Waals surface area (Å²) < 4.78 is 0. The van der Waals surface area contributed by atoms with Crippen LogP contribution in [0.5, 0.6) is 0 Å². The molecule has 1 rings (SSSR count). The average molecular weight is 257 g/mol. The zero-order chi connectivity index (χ0) is 13.4. The maximum absolute atomic E-state index is 6.04. The van der Waals surface area contributed by atoms with Crippen molar-refractivity contribution in [1.82, 2.24) is 9.97 Å². The highest BCUT2D eigenvalue weighted by Crippen LogP contribution is 2.29. The minimum absolute atomic E-state index is 0.124. The molecule has 0 radical (unpaired) electrons. The molecule has 0 aliphatic rings. The third kappa shape index (κ3) is 3.73. The monoisotopic (exact) mass is 256 g/mol. The van der Waals surface area contributed by atoms with Crippen LogP contribution in [-0.4, -0.2) is 15.5 Å². The Balaban J connectivity index is 3.26. The molecule has 1 heterocycles. The first-order valence-electron chi connectivity index (χ1n) is 5.62. The highest BCUT2D eigenvalue weighted by atomic mass is 35.5. The van der Waals surface area contributed by atoms with E-state index in [-0.39, 0.29) is 11.0 Å². The van der Waals surface area contributed by atoms with Gasteiger partial charge in [-0.1, -0.05) is 32.4 Å². The molecule has 1 aromatic rings. The van der Waals surface area contributed by atoms with E-state index in [1.54, 1.807) is 0 Å². The molecule has 5 heteroatoms. The van der Waals surface area contributed by atoms with Crippen LogP contribution in [-0.2, 0) is 5.41 Å². The van der Waals surface area contributed by atoms with Crippen molar-refractivity contribution in [2.45, 2.75) is 52.5 Å². The Morgan fingerprint density at radius 3 is 2.00 bits per heavy atom. The fraction of sp³-hybridized carbons (Fsp3) is 0.667. The van der Waals surface area contributed by atoms with Crippen LogP contribution >= 0.6 is 11.6 Å². The second-order valence-corrected chi connectivity index (χ2v) is 6.58. The van der Waals surface area contributed by atoms with Gasteiger partial charge in [-0.15, -0.1) is 0 Å². The summed E-state index contributed by atoms with van der Waals surface area (Å²) in [5.74, 6) is 1.28. The molecule has 3 N–H and O–H groups in total. The summed E-state index contributed by atoms with van der Waals surface area (Å²) in [6, 6.07) is 0. The van der Waals surface area contributed by atoms with Crippen LogP contribution in [0.4, 0.5) is 11.5 Å². The van der Waals surface area contributed by atoms with Gasteiger partial charge in [0, 0.05) is 11.0 Å². The second-order valence-electron chi connectivity index (χ2n) is 6.23. The molecule has 0 aliphatic carbocycles. The summed E-state index contributed by atoms with van der Waals surface area (Å²) in [5, 5.41) is 3.54. The lowest BCUT2D eigenvalue weighted by molar-refractivity contribution is 0.543. The van der Waals surface area contributed by atoms with Crippen LogP contribution in [0, 0.1) is 0 Å². The van der Waals surface area contributed by atoms with Gasteiger partial charge < -0.3 is 11.1 Å². The Kier molecular flexibility index (Phi) is 3.58. The van der Waals surface area contributed by atoms with Crippen molar-refractivity contribution in [2.75, 3.05) is 11.1 Å². The van der Waals surface area contributed by atoms with Gasteiger partial charge in [0.05, 0.1) is 0 Å². The summed E-state index contributed by atoms with van der Waals surface area (Å²) >= 11 is 6.04. The normalized spacial score (nSPS) is 12.6. The first-order chi connectivity index (χ1) is 7.50. The lowest BCUT2D eigenvalue weighted by atomic mass is 9.96. The Labute approximate surface area is 108 Å². The number of halogens is 1. The van der Waals surface area contributed by atoms with Gasteiger partial charge in [-0.2, -0.15) is 0 Å². The summed E-state index contributed by atoms with van der Waals surface area (Å²) in [7, 11) is 0. The zero-order valence-corrected chi connectivity index (χ0v) is 12.1. The summed E-state index contributed by atoms with van der Waals surface area (Å²) in [6.45, 7) is 12.2. The zero-order valence-electron chi connectivity index (χ0n) is 11.3. The molecular weight excluding hydrogens is 236 g/mol. The topological polar surface area (TPSA) is 63.8 Å². The highest BCUT2D eigenvalue weighted by Gasteiger charge is 2.22. The second kappa shape index (κ2) is 4.33. The molecule has 0 amide bonds. The van der Waals surface area contributed by atoms with Gasteiger partial charge in [0.1, 0.15) is 11.5 Å². The molecule has 0 unspecified atom stereocenters. The summed E-state index contributed by atoms with van der Waals surface area (Å²) in [6.07, 6.45) is 0. The molecule has 0 spiro atoms. The van der Waals surface area contributed by atoms with E-state index in [1.165, 1.54) is 0 Å². The van der Waals surface area contributed by atoms with E-state index >= 15 is 0 Å². The number of nitrogens with two attached hydrogens (primary N) is 1. The average Bonchev–Trinajstić information content (AvgIpc) is 2.08. The van der Waals surface area contributed by atoms with Gasteiger partial charge in [-0.25, -0.2) is 9.97 Å². The third-order valence-corrected chi connectivity index (χ3v) is 2.35. The Morgan fingerprint density at radius 1 is 1.06 bits per heavy atom. The van der Waals surface area contributed by atoms with Crippen molar-refractivity contribution in [2.24, 2.45) is 0 Å². The third-order valence-electron chi connectivity index (χ3n) is 2.06. The Bertz CT molecular complexity index is 416. The van der Waals surface area contributed by atoms with E-state index in [0.717, 1.165) is 0 Å². The van der Waals surface area contributed by atoms with Gasteiger partial charge in [0.2, 0.25) is 0 Å². The van der Waals surface area contributed by atoms with E-state index in [9.17, 15) is 0 Å². The molecule has 0 saturated carbocycles. The number of aromatic nitrogens is 2. The molecular formula is C12H21ClN4. The highest BCUT2D eigenvalue weighted by molar-refractivity contribution is 6.32. The quantitative estimate of drug-likeness (QED) is 0.758. The maximum Gasteiger partial charge on any atom is 0.157 e. The van der Waals surface area contributed by atoms with Gasteiger partial charge >= 0.3 is 0 Å². The Hall–Kier alpha value is -1.03. The van der Waals surface area contributed by atoms with E-state index < -0.39 is 0 Å². The van der Waals surface area contributed by atoms with E-state index in [2.05, 4.69) is 15.3 Å². The number of rotatable bonds is 1. The fourth-order valence-electron chi connectivity index (χ4n) is 1.23. The molecule has 0 saturated heterocycles. The number of anilines is 2. The lowest BCUT2D eigenvalue weighted by Gasteiger charge is -2.25. The van der Waals surface area contributed by atoms with Crippen molar-refractivity contribution in [3.63, 3.8) is 0 Å². The van der Waals surface area contributed by atoms with Crippen molar-refractivity contribution in [3.05, 3.63) is 11.0 Å². The van der Waals surface area contributed by atoms with Gasteiger partial charge in [0.15, 0.2) is 11.0 Å². The summed E-state index contributed by atoms with van der Waals surface area (Å²) in [5.41, 5.74) is 6.00. The fourth-order valence-corrected chi connectivity index (χ4v) is 1.40. The summed E-state index contributed by atoms with van der Waals surface area (Å²) in [4.78, 5) is 8.68. The first-order valence-corrected chi connectivity index (χ1v) is 6.00. The van der Waals surface area contributed by atoms with Gasteiger partial charge in [-0.3, -0.25) is 0 Å². The largest absolute Gasteiger partial charge is 0.393 e. The lowest BCUT2D eigenvalue weighted by Crippen LogP contribution is -2.28. The minimum atomic E-state index is -0.161. The molecule has 96 valence electrons. The molecule has 4 nitrogen and oxygen atoms in total. The first kappa shape index (κ1) is 14.0. The van der Waals surface area contributed by atoms with Gasteiger partial charge in [0.25, 0.3) is 0 Å². The molecule has 0 fully saturated rings. The van der Waals surface area contributed by atoms with Crippen LogP contribution in [0.15, 0.2) is 0 Å². The van der Waals surface area contributed by atoms with E-state index in [1.807, 2.05) is 41.5 Å². The molecule has 0 bridgehead atoms. The van der Waals surface area contributed by atoms with E-state index in [0.29, 0.717) is 22.5 Å². The van der Waals surface area contributed by atoms with E-state index in [4.69, 9.17) is 17.3 Å². The molecule has 0 aliphatic heterocycles. The van der Waals surface area contributed by atoms with Crippen LogP contribution in [0.25, 0.3) is 0 Å². The number of hydrogen-bond donors (Lipinski definition) is 2. The standard InChI is InChI=1S/C12H21ClN4/c1-11(2,3)10-15-8(13)7(14)9(16-10)17-12(4,5)6/h14H2,1-6H3,(H,15,16,17). The smallest absolute Gasteiger partial charge is 0.157 e. The number of nitrogens with zero attached hydrogens (tertiary/aromatic N) is 2. The van der Waals surface area contributed by atoms with Crippen molar-refractivity contribution < 1.29 is 0 Å². The predicted molar refractivity (Wildman–Crippen MR) is 73.5 cm³/mol. The number of hydrogen-bond acceptors (Lipinski definition) is 4.